The van der Waals surface area contributed by atoms with Gasteiger partial charge in [0, 0.05) is 5.69 Å². The Hall–Kier alpha value is -2.90. The third-order valence-electron chi connectivity index (χ3n) is 4.11. The van der Waals surface area contributed by atoms with Crippen LogP contribution in [0.3, 0.4) is 0 Å². The Balaban J connectivity index is 1.91. The maximum Gasteiger partial charge on any atom is 0.326 e. The SMILES string of the molecule is CC1(C)NC(=O)N(CC(=O)OCC(=O)Nc2ccccc2C(C)(C)C)C1=O. The first-order chi connectivity index (χ1) is 12.4. The monoisotopic (exact) mass is 375 g/mol. The van der Waals surface area contributed by atoms with E-state index in [0.29, 0.717) is 5.69 Å². The van der Waals surface area contributed by atoms with Gasteiger partial charge in [-0.25, -0.2) is 4.79 Å². The van der Waals surface area contributed by atoms with E-state index in [1.165, 1.54) is 0 Å². The summed E-state index contributed by atoms with van der Waals surface area (Å²) < 4.78 is 4.90. The van der Waals surface area contributed by atoms with E-state index in [2.05, 4.69) is 10.6 Å². The smallest absolute Gasteiger partial charge is 0.326 e. The number of benzene rings is 1. The second-order valence-electron chi connectivity index (χ2n) is 7.95. The molecule has 0 atom stereocenters. The van der Waals surface area contributed by atoms with Crippen molar-refractivity contribution in [3.63, 3.8) is 0 Å². The zero-order valence-electron chi connectivity index (χ0n) is 16.2. The molecule has 1 heterocycles. The van der Waals surface area contributed by atoms with E-state index in [1.807, 2.05) is 32.9 Å². The fourth-order valence-electron chi connectivity index (χ4n) is 2.71. The Morgan fingerprint density at radius 2 is 1.81 bits per heavy atom. The first kappa shape index (κ1) is 20.4. The van der Waals surface area contributed by atoms with E-state index in [4.69, 9.17) is 4.74 Å². The van der Waals surface area contributed by atoms with Gasteiger partial charge < -0.3 is 15.4 Å². The molecule has 0 aromatic heterocycles. The Bertz CT molecular complexity index is 780. The molecule has 0 unspecified atom stereocenters. The summed E-state index contributed by atoms with van der Waals surface area (Å²) in [5.74, 6) is -1.86. The highest BCUT2D eigenvalue weighted by Gasteiger charge is 2.45. The quantitative estimate of drug-likeness (QED) is 0.603. The Morgan fingerprint density at radius 1 is 1.19 bits per heavy atom. The molecular formula is C19H25N3O5. The fourth-order valence-corrected chi connectivity index (χ4v) is 2.71. The van der Waals surface area contributed by atoms with Crippen molar-refractivity contribution >= 4 is 29.5 Å². The standard InChI is InChI=1S/C19H25N3O5/c1-18(2,3)12-8-6-7-9-13(12)20-14(23)11-27-15(24)10-22-16(25)19(4,5)21-17(22)26/h6-9H,10-11H2,1-5H3,(H,20,23)(H,21,26). The lowest BCUT2D eigenvalue weighted by Crippen LogP contribution is -2.41. The van der Waals surface area contributed by atoms with Gasteiger partial charge in [-0.1, -0.05) is 39.0 Å². The molecule has 27 heavy (non-hydrogen) atoms. The second-order valence-corrected chi connectivity index (χ2v) is 7.95. The van der Waals surface area contributed by atoms with Crippen molar-refractivity contribution in [3.8, 4) is 0 Å². The molecule has 1 aliphatic heterocycles. The zero-order valence-corrected chi connectivity index (χ0v) is 16.2. The maximum atomic E-state index is 12.1. The number of imide groups is 1. The molecule has 8 heteroatoms. The Morgan fingerprint density at radius 3 is 2.37 bits per heavy atom. The maximum absolute atomic E-state index is 12.1. The van der Waals surface area contributed by atoms with Crippen LogP contribution < -0.4 is 10.6 Å². The number of esters is 1. The average molecular weight is 375 g/mol. The minimum absolute atomic E-state index is 0.170. The van der Waals surface area contributed by atoms with Gasteiger partial charge in [-0.15, -0.1) is 0 Å². The van der Waals surface area contributed by atoms with Gasteiger partial charge in [-0.3, -0.25) is 19.3 Å². The summed E-state index contributed by atoms with van der Waals surface area (Å²) in [6.45, 7) is 8.11. The highest BCUT2D eigenvalue weighted by Crippen LogP contribution is 2.29. The summed E-state index contributed by atoms with van der Waals surface area (Å²) in [6.07, 6.45) is 0. The van der Waals surface area contributed by atoms with Gasteiger partial charge in [-0.2, -0.15) is 0 Å². The largest absolute Gasteiger partial charge is 0.454 e. The minimum Gasteiger partial charge on any atom is -0.454 e. The number of urea groups is 1. The molecular weight excluding hydrogens is 350 g/mol. The van der Waals surface area contributed by atoms with Gasteiger partial charge in [0.2, 0.25) is 0 Å². The highest BCUT2D eigenvalue weighted by molar-refractivity contribution is 6.08. The van der Waals surface area contributed by atoms with Crippen LogP contribution in [0.15, 0.2) is 24.3 Å². The van der Waals surface area contributed by atoms with Gasteiger partial charge in [0.15, 0.2) is 6.61 Å². The van der Waals surface area contributed by atoms with Gasteiger partial charge in [0.25, 0.3) is 11.8 Å². The Kier molecular flexibility index (Phi) is 5.58. The molecule has 2 N–H and O–H groups in total. The second kappa shape index (κ2) is 7.38. The van der Waals surface area contributed by atoms with E-state index in [9.17, 15) is 19.2 Å². The summed E-state index contributed by atoms with van der Waals surface area (Å²) in [5.41, 5.74) is 0.357. The van der Waals surface area contributed by atoms with Crippen molar-refractivity contribution in [1.29, 1.82) is 0 Å². The number of amides is 4. The number of carbonyl (C=O) groups excluding carboxylic acids is 4. The normalized spacial score (nSPS) is 16.1. The van der Waals surface area contributed by atoms with Gasteiger partial charge >= 0.3 is 12.0 Å². The number of anilines is 1. The van der Waals surface area contributed by atoms with E-state index >= 15 is 0 Å². The van der Waals surface area contributed by atoms with E-state index in [0.717, 1.165) is 10.5 Å². The molecule has 1 aromatic carbocycles. The predicted molar refractivity (Wildman–Crippen MR) is 99.1 cm³/mol. The number of nitrogens with zero attached hydrogens (tertiary/aromatic N) is 1. The first-order valence-corrected chi connectivity index (χ1v) is 8.61. The van der Waals surface area contributed by atoms with Gasteiger partial charge in [0.05, 0.1) is 0 Å². The fraction of sp³-hybridized carbons (Fsp3) is 0.474. The van der Waals surface area contributed by atoms with Crippen LogP contribution >= 0.6 is 0 Å². The van der Waals surface area contributed by atoms with Crippen LogP contribution in [0.2, 0.25) is 0 Å². The number of nitrogens with one attached hydrogen (secondary N) is 2. The molecule has 0 spiro atoms. The van der Waals surface area contributed by atoms with E-state index in [-0.39, 0.29) is 5.41 Å². The molecule has 1 aliphatic rings. The van der Waals surface area contributed by atoms with Crippen LogP contribution in [0.5, 0.6) is 0 Å². The number of rotatable bonds is 5. The predicted octanol–water partition coefficient (Wildman–Crippen LogP) is 1.80. The first-order valence-electron chi connectivity index (χ1n) is 8.61. The third-order valence-corrected chi connectivity index (χ3v) is 4.11. The van der Waals surface area contributed by atoms with Crippen LogP contribution in [-0.4, -0.2) is 47.4 Å². The Labute approximate surface area is 158 Å². The summed E-state index contributed by atoms with van der Waals surface area (Å²) in [4.78, 5) is 48.6. The molecule has 1 aromatic rings. The summed E-state index contributed by atoms with van der Waals surface area (Å²) >= 11 is 0. The molecule has 0 saturated carbocycles. The molecule has 1 fully saturated rings. The molecule has 8 nitrogen and oxygen atoms in total. The zero-order chi connectivity index (χ0) is 20.4. The van der Waals surface area contributed by atoms with E-state index < -0.39 is 42.5 Å². The molecule has 1 saturated heterocycles. The van der Waals surface area contributed by atoms with Gasteiger partial charge in [0.1, 0.15) is 12.1 Å². The number of ether oxygens (including phenoxy) is 1. The minimum atomic E-state index is -1.06. The lowest BCUT2D eigenvalue weighted by atomic mass is 9.86. The average Bonchev–Trinajstić information content (AvgIpc) is 2.74. The van der Waals surface area contributed by atoms with E-state index in [1.54, 1.807) is 26.0 Å². The van der Waals surface area contributed by atoms with Crippen LogP contribution in [0.25, 0.3) is 0 Å². The molecule has 2 rings (SSSR count). The number of carbonyl (C=O) groups is 4. The number of hydrogen-bond donors (Lipinski definition) is 2. The van der Waals surface area contributed by atoms with Crippen molar-refractivity contribution in [3.05, 3.63) is 29.8 Å². The summed E-state index contributed by atoms with van der Waals surface area (Å²) in [6, 6.07) is 6.72. The van der Waals surface area contributed by atoms with Crippen LogP contribution in [0, 0.1) is 0 Å². The lowest BCUT2D eigenvalue weighted by Gasteiger charge is -2.23. The molecule has 146 valence electrons. The van der Waals surface area contributed by atoms with Crippen molar-refractivity contribution in [2.75, 3.05) is 18.5 Å². The molecule has 0 bridgehead atoms. The van der Waals surface area contributed by atoms with Crippen molar-refractivity contribution in [2.45, 2.75) is 45.6 Å². The summed E-state index contributed by atoms with van der Waals surface area (Å²) in [7, 11) is 0. The number of hydrogen-bond acceptors (Lipinski definition) is 5. The number of para-hydroxylation sites is 1. The van der Waals surface area contributed by atoms with Crippen molar-refractivity contribution in [1.82, 2.24) is 10.2 Å². The molecule has 0 aliphatic carbocycles. The summed E-state index contributed by atoms with van der Waals surface area (Å²) in [5, 5.41) is 5.19. The topological polar surface area (TPSA) is 105 Å². The molecule has 4 amide bonds. The van der Waals surface area contributed by atoms with Crippen LogP contribution in [-0.2, 0) is 24.5 Å². The highest BCUT2D eigenvalue weighted by atomic mass is 16.5. The van der Waals surface area contributed by atoms with Crippen molar-refractivity contribution in [2.24, 2.45) is 0 Å². The third kappa shape index (κ3) is 4.84. The van der Waals surface area contributed by atoms with Crippen molar-refractivity contribution < 1.29 is 23.9 Å². The van der Waals surface area contributed by atoms with Gasteiger partial charge in [-0.05, 0) is 30.9 Å². The molecule has 0 radical (unpaired) electrons. The van der Waals surface area contributed by atoms with Crippen LogP contribution in [0.1, 0.15) is 40.2 Å². The lowest BCUT2D eigenvalue weighted by molar-refractivity contribution is -0.150. The van der Waals surface area contributed by atoms with Crippen LogP contribution in [0.4, 0.5) is 10.5 Å².